The van der Waals surface area contributed by atoms with E-state index in [4.69, 9.17) is 5.11 Å². The van der Waals surface area contributed by atoms with E-state index in [0.717, 1.165) is 10.0 Å². The summed E-state index contributed by atoms with van der Waals surface area (Å²) < 4.78 is 0.795. The van der Waals surface area contributed by atoms with Crippen molar-refractivity contribution in [2.45, 2.75) is 26.8 Å². The summed E-state index contributed by atoms with van der Waals surface area (Å²) in [4.78, 5) is 23.0. The average molecular weight is 314 g/mol. The molecule has 0 unspecified atom stereocenters. The molecule has 0 saturated heterocycles. The third kappa shape index (κ3) is 3.84. The lowest BCUT2D eigenvalue weighted by atomic mass is 10.0. The maximum atomic E-state index is 12.0. The Bertz CT molecular complexity index is 451. The smallest absolute Gasteiger partial charge is 0.326 e. The molecule has 2 N–H and O–H groups in total. The van der Waals surface area contributed by atoms with E-state index in [1.807, 2.05) is 13.0 Å². The minimum Gasteiger partial charge on any atom is -0.480 e. The van der Waals surface area contributed by atoms with Crippen molar-refractivity contribution in [2.24, 2.45) is 5.92 Å². The molecule has 98 valence electrons. The zero-order valence-corrected chi connectivity index (χ0v) is 12.1. The van der Waals surface area contributed by atoms with Crippen LogP contribution in [-0.2, 0) is 4.79 Å². The average Bonchev–Trinajstić information content (AvgIpc) is 2.23. The standard InChI is InChI=1S/C13H16BrNO3/c1-7(2)11(13(17)18)15-12(16)9-4-8(3)5-10(14)6-9/h4-7,11H,1-3H3,(H,15,16)(H,17,18)/t11-/m1/s1. The number of amides is 1. The Kier molecular flexibility index (Phi) is 4.90. The molecule has 0 heterocycles. The summed E-state index contributed by atoms with van der Waals surface area (Å²) >= 11 is 3.31. The fourth-order valence-electron chi connectivity index (χ4n) is 1.61. The van der Waals surface area contributed by atoms with E-state index in [0.29, 0.717) is 5.56 Å². The van der Waals surface area contributed by atoms with Gasteiger partial charge in [0.1, 0.15) is 6.04 Å². The third-order valence-corrected chi connectivity index (χ3v) is 2.98. The number of aliphatic carboxylic acids is 1. The molecule has 1 amide bonds. The molecular weight excluding hydrogens is 298 g/mol. The number of hydrogen-bond acceptors (Lipinski definition) is 2. The van der Waals surface area contributed by atoms with E-state index in [1.165, 1.54) is 0 Å². The molecule has 0 saturated carbocycles. The molecule has 1 rings (SSSR count). The number of carboxylic acid groups (broad SMARTS) is 1. The monoisotopic (exact) mass is 313 g/mol. The SMILES string of the molecule is Cc1cc(Br)cc(C(=O)N[C@@H](C(=O)O)C(C)C)c1. The van der Waals surface area contributed by atoms with Crippen LogP contribution in [0.5, 0.6) is 0 Å². The summed E-state index contributed by atoms with van der Waals surface area (Å²) in [6.45, 7) is 5.38. The van der Waals surface area contributed by atoms with Gasteiger partial charge in [-0.2, -0.15) is 0 Å². The summed E-state index contributed by atoms with van der Waals surface area (Å²) in [7, 11) is 0. The van der Waals surface area contributed by atoms with Crippen LogP contribution in [0, 0.1) is 12.8 Å². The Balaban J connectivity index is 2.90. The second-order valence-electron chi connectivity index (χ2n) is 4.55. The molecule has 0 spiro atoms. The molecular formula is C13H16BrNO3. The van der Waals surface area contributed by atoms with E-state index in [2.05, 4.69) is 21.2 Å². The number of nitrogens with one attached hydrogen (secondary N) is 1. The molecule has 0 aliphatic carbocycles. The molecule has 4 nitrogen and oxygen atoms in total. The first-order valence-corrected chi connectivity index (χ1v) is 6.41. The Hall–Kier alpha value is -1.36. The van der Waals surface area contributed by atoms with Crippen molar-refractivity contribution in [3.05, 3.63) is 33.8 Å². The van der Waals surface area contributed by atoms with E-state index < -0.39 is 12.0 Å². The second-order valence-corrected chi connectivity index (χ2v) is 5.47. The molecule has 0 bridgehead atoms. The fraction of sp³-hybridized carbons (Fsp3) is 0.385. The van der Waals surface area contributed by atoms with Gasteiger partial charge in [0.25, 0.3) is 5.91 Å². The molecule has 0 aliphatic rings. The predicted molar refractivity (Wildman–Crippen MR) is 72.6 cm³/mol. The van der Waals surface area contributed by atoms with Gasteiger partial charge in [-0.1, -0.05) is 29.8 Å². The largest absolute Gasteiger partial charge is 0.480 e. The second kappa shape index (κ2) is 6.00. The molecule has 0 radical (unpaired) electrons. The molecule has 0 fully saturated rings. The van der Waals surface area contributed by atoms with Gasteiger partial charge in [0, 0.05) is 10.0 Å². The van der Waals surface area contributed by atoms with E-state index in [9.17, 15) is 9.59 Å². The maximum absolute atomic E-state index is 12.0. The summed E-state index contributed by atoms with van der Waals surface area (Å²) in [6.07, 6.45) is 0. The maximum Gasteiger partial charge on any atom is 0.326 e. The lowest BCUT2D eigenvalue weighted by molar-refractivity contribution is -0.140. The lowest BCUT2D eigenvalue weighted by Crippen LogP contribution is -2.44. The van der Waals surface area contributed by atoms with E-state index >= 15 is 0 Å². The Morgan fingerprint density at radius 2 is 1.89 bits per heavy atom. The zero-order chi connectivity index (χ0) is 13.9. The van der Waals surface area contributed by atoms with Crippen LogP contribution in [0.1, 0.15) is 29.8 Å². The van der Waals surface area contributed by atoms with Gasteiger partial charge >= 0.3 is 5.97 Å². The van der Waals surface area contributed by atoms with Crippen LogP contribution in [0.2, 0.25) is 0 Å². The normalized spacial score (nSPS) is 12.3. The van der Waals surface area contributed by atoms with Crippen molar-refractivity contribution in [1.82, 2.24) is 5.32 Å². The first-order chi connectivity index (χ1) is 8.31. The number of carboxylic acids is 1. The van der Waals surface area contributed by atoms with Crippen molar-refractivity contribution in [2.75, 3.05) is 0 Å². The van der Waals surface area contributed by atoms with Gasteiger partial charge in [-0.15, -0.1) is 0 Å². The Morgan fingerprint density at radius 3 is 2.33 bits per heavy atom. The molecule has 5 heteroatoms. The van der Waals surface area contributed by atoms with Crippen molar-refractivity contribution in [3.63, 3.8) is 0 Å². The lowest BCUT2D eigenvalue weighted by Gasteiger charge is -2.18. The minimum atomic E-state index is -1.02. The first kappa shape index (κ1) is 14.7. The van der Waals surface area contributed by atoms with Crippen LogP contribution in [0.15, 0.2) is 22.7 Å². The van der Waals surface area contributed by atoms with Gasteiger partial charge in [0.2, 0.25) is 0 Å². The van der Waals surface area contributed by atoms with Crippen molar-refractivity contribution in [1.29, 1.82) is 0 Å². The molecule has 1 aromatic rings. The molecule has 1 atom stereocenters. The minimum absolute atomic E-state index is 0.167. The number of carbonyl (C=O) groups is 2. The Labute approximate surface area is 115 Å². The summed E-state index contributed by atoms with van der Waals surface area (Å²) in [6, 6.07) is 4.39. The number of rotatable bonds is 4. The number of halogens is 1. The highest BCUT2D eigenvalue weighted by Crippen LogP contribution is 2.15. The highest BCUT2D eigenvalue weighted by Gasteiger charge is 2.23. The van der Waals surface area contributed by atoms with E-state index in [-0.39, 0.29) is 11.8 Å². The van der Waals surface area contributed by atoms with Crippen LogP contribution in [0.3, 0.4) is 0 Å². The quantitative estimate of drug-likeness (QED) is 0.898. The van der Waals surface area contributed by atoms with Crippen LogP contribution >= 0.6 is 15.9 Å². The van der Waals surface area contributed by atoms with Crippen LogP contribution in [0.4, 0.5) is 0 Å². The number of aryl methyl sites for hydroxylation is 1. The predicted octanol–water partition coefficient (Wildman–Crippen LogP) is 2.60. The Morgan fingerprint density at radius 1 is 1.28 bits per heavy atom. The van der Waals surface area contributed by atoms with Crippen molar-refractivity contribution < 1.29 is 14.7 Å². The van der Waals surface area contributed by atoms with Gasteiger partial charge in [-0.05, 0) is 36.6 Å². The summed E-state index contributed by atoms with van der Waals surface area (Å²) in [5.74, 6) is -1.56. The molecule has 1 aromatic carbocycles. The van der Waals surface area contributed by atoms with Crippen LogP contribution in [-0.4, -0.2) is 23.0 Å². The number of carbonyl (C=O) groups excluding carboxylic acids is 1. The number of hydrogen-bond donors (Lipinski definition) is 2. The molecule has 18 heavy (non-hydrogen) atoms. The van der Waals surface area contributed by atoms with Crippen LogP contribution < -0.4 is 5.32 Å². The topological polar surface area (TPSA) is 66.4 Å². The highest BCUT2D eigenvalue weighted by molar-refractivity contribution is 9.10. The third-order valence-electron chi connectivity index (χ3n) is 2.52. The van der Waals surface area contributed by atoms with Gasteiger partial charge in [-0.3, -0.25) is 4.79 Å². The van der Waals surface area contributed by atoms with Gasteiger partial charge < -0.3 is 10.4 Å². The van der Waals surface area contributed by atoms with Crippen molar-refractivity contribution >= 4 is 27.8 Å². The van der Waals surface area contributed by atoms with Gasteiger partial charge in [0.15, 0.2) is 0 Å². The highest BCUT2D eigenvalue weighted by atomic mass is 79.9. The van der Waals surface area contributed by atoms with E-state index in [1.54, 1.807) is 26.0 Å². The van der Waals surface area contributed by atoms with Gasteiger partial charge in [-0.25, -0.2) is 4.79 Å². The summed E-state index contributed by atoms with van der Waals surface area (Å²) in [5, 5.41) is 11.6. The first-order valence-electron chi connectivity index (χ1n) is 5.62. The number of benzene rings is 1. The van der Waals surface area contributed by atoms with Gasteiger partial charge in [0.05, 0.1) is 0 Å². The fourth-order valence-corrected chi connectivity index (χ4v) is 2.21. The summed E-state index contributed by atoms with van der Waals surface area (Å²) in [5.41, 5.74) is 1.39. The van der Waals surface area contributed by atoms with Crippen molar-refractivity contribution in [3.8, 4) is 0 Å². The molecule has 0 aromatic heterocycles. The molecule has 0 aliphatic heterocycles. The van der Waals surface area contributed by atoms with Crippen LogP contribution in [0.25, 0.3) is 0 Å². The zero-order valence-electron chi connectivity index (χ0n) is 10.5.